The van der Waals surface area contributed by atoms with Gasteiger partial charge in [0, 0.05) is 18.3 Å². The maximum absolute atomic E-state index is 10.5. The van der Waals surface area contributed by atoms with E-state index in [1.807, 2.05) is 0 Å². The molecule has 0 amide bonds. The number of fused-ring (bicyclic) bond motifs is 4. The lowest BCUT2D eigenvalue weighted by Gasteiger charge is -2.48. The van der Waals surface area contributed by atoms with Gasteiger partial charge in [0.25, 0.3) is 0 Å². The third kappa shape index (κ3) is 1.99. The molecule has 4 atom stereocenters. The van der Waals surface area contributed by atoms with Crippen LogP contribution in [0.4, 0.5) is 0 Å². The monoisotopic (exact) mass is 316 g/mol. The molecule has 126 valence electrons. The number of hydrogen-bond acceptors (Lipinski definition) is 3. The summed E-state index contributed by atoms with van der Waals surface area (Å²) in [6, 6.07) is 0. The minimum Gasteiger partial charge on any atom is -0.393 e. The highest BCUT2D eigenvalue weighted by molar-refractivity contribution is 5.44. The summed E-state index contributed by atoms with van der Waals surface area (Å²) >= 11 is 0. The molecule has 0 bridgehead atoms. The van der Waals surface area contributed by atoms with E-state index in [0.29, 0.717) is 11.8 Å². The molecule has 3 nitrogen and oxygen atoms in total. The van der Waals surface area contributed by atoms with E-state index < -0.39 is 0 Å². The van der Waals surface area contributed by atoms with Gasteiger partial charge in [0.1, 0.15) is 0 Å². The maximum atomic E-state index is 10.5. The lowest BCUT2D eigenvalue weighted by atomic mass is 9.58. The zero-order chi connectivity index (χ0) is 15.7. The fraction of sp³-hybridized carbons (Fsp3) is 0.800. The van der Waals surface area contributed by atoms with Gasteiger partial charge in [0.15, 0.2) is 5.79 Å². The van der Waals surface area contributed by atoms with Crippen LogP contribution in [0.2, 0.25) is 0 Å². The Labute approximate surface area is 138 Å². The van der Waals surface area contributed by atoms with Gasteiger partial charge in [-0.25, -0.2) is 0 Å². The predicted molar refractivity (Wildman–Crippen MR) is 87.8 cm³/mol. The molecule has 1 N–H and O–H groups in total. The average Bonchev–Trinajstić information content (AvgIpc) is 3.12. The van der Waals surface area contributed by atoms with Gasteiger partial charge >= 0.3 is 0 Å². The zero-order valence-corrected chi connectivity index (χ0v) is 14.1. The van der Waals surface area contributed by atoms with E-state index in [-0.39, 0.29) is 17.3 Å². The van der Waals surface area contributed by atoms with Crippen LogP contribution in [0.1, 0.15) is 58.3 Å². The molecule has 2 fully saturated rings. The first-order valence-corrected chi connectivity index (χ1v) is 9.49. The van der Waals surface area contributed by atoms with Crippen LogP contribution in [-0.2, 0) is 9.47 Å². The van der Waals surface area contributed by atoms with E-state index in [1.54, 1.807) is 16.7 Å². The van der Waals surface area contributed by atoms with E-state index in [9.17, 15) is 5.11 Å². The van der Waals surface area contributed by atoms with Crippen LogP contribution in [0.25, 0.3) is 0 Å². The van der Waals surface area contributed by atoms with Crippen molar-refractivity contribution < 1.29 is 14.6 Å². The van der Waals surface area contributed by atoms with Gasteiger partial charge in [-0.15, -0.1) is 0 Å². The molecule has 0 aromatic heterocycles. The molecule has 0 aromatic rings. The van der Waals surface area contributed by atoms with Crippen LogP contribution in [0, 0.1) is 17.3 Å². The topological polar surface area (TPSA) is 38.7 Å². The predicted octanol–water partition coefficient (Wildman–Crippen LogP) is 3.73. The Hall–Kier alpha value is -0.640. The van der Waals surface area contributed by atoms with Gasteiger partial charge in [-0.1, -0.05) is 18.6 Å². The molecule has 1 aliphatic heterocycles. The fourth-order valence-electron chi connectivity index (χ4n) is 6.27. The minimum atomic E-state index is -0.293. The SMILES string of the molecule is C[C@]12CC=C3C4=C(CCC3C1CCC2O)CC1(CC4)OCCO1. The van der Waals surface area contributed by atoms with Crippen molar-refractivity contribution in [1.29, 1.82) is 0 Å². The standard InChI is InChI=1S/C20H28O3/c1-19-8-6-15-14-7-9-20(22-10-11-23-20)12-13(14)2-3-16(15)17(19)4-5-18(19)21/h6,16-18,21H,2-5,7-12H2,1H3/t16?,17?,18?,19-/m0/s1. The van der Waals surface area contributed by atoms with Crippen molar-refractivity contribution in [3.8, 4) is 0 Å². The van der Waals surface area contributed by atoms with E-state index >= 15 is 0 Å². The Morgan fingerprint density at radius 1 is 1.13 bits per heavy atom. The normalized spacial score (nSPS) is 44.8. The first kappa shape index (κ1) is 14.7. The molecular weight excluding hydrogens is 288 g/mol. The van der Waals surface area contributed by atoms with Crippen LogP contribution < -0.4 is 0 Å². The molecule has 4 aliphatic carbocycles. The van der Waals surface area contributed by atoms with Crippen molar-refractivity contribution in [1.82, 2.24) is 0 Å². The number of aliphatic hydroxyl groups is 1. The van der Waals surface area contributed by atoms with Crippen molar-refractivity contribution in [3.05, 3.63) is 22.8 Å². The fourth-order valence-corrected chi connectivity index (χ4v) is 6.27. The molecule has 0 radical (unpaired) electrons. The lowest BCUT2D eigenvalue weighted by Crippen LogP contribution is -2.42. The molecule has 0 aromatic carbocycles. The summed E-state index contributed by atoms with van der Waals surface area (Å²) in [7, 11) is 0. The van der Waals surface area contributed by atoms with Gasteiger partial charge in [0.05, 0.1) is 19.3 Å². The van der Waals surface area contributed by atoms with Gasteiger partial charge < -0.3 is 14.6 Å². The Morgan fingerprint density at radius 3 is 2.78 bits per heavy atom. The Balaban J connectivity index is 1.48. The number of allylic oxidation sites excluding steroid dienone is 3. The Bertz CT molecular complexity index is 584. The first-order valence-electron chi connectivity index (χ1n) is 9.49. The van der Waals surface area contributed by atoms with Crippen molar-refractivity contribution in [2.75, 3.05) is 13.2 Å². The van der Waals surface area contributed by atoms with Crippen molar-refractivity contribution in [2.45, 2.75) is 70.2 Å². The zero-order valence-electron chi connectivity index (χ0n) is 14.1. The van der Waals surface area contributed by atoms with Crippen molar-refractivity contribution in [3.63, 3.8) is 0 Å². The molecule has 1 spiro atoms. The third-order valence-corrected chi connectivity index (χ3v) is 7.59. The summed E-state index contributed by atoms with van der Waals surface area (Å²) in [5, 5.41) is 10.5. The second-order valence-electron chi connectivity index (χ2n) is 8.58. The second-order valence-corrected chi connectivity index (χ2v) is 8.58. The summed E-state index contributed by atoms with van der Waals surface area (Å²) < 4.78 is 11.9. The van der Waals surface area contributed by atoms with Crippen LogP contribution >= 0.6 is 0 Å². The summed E-state index contributed by atoms with van der Waals surface area (Å²) in [6.07, 6.45) is 11.2. The highest BCUT2D eigenvalue weighted by atomic mass is 16.7. The van der Waals surface area contributed by atoms with Crippen molar-refractivity contribution in [2.24, 2.45) is 17.3 Å². The Morgan fingerprint density at radius 2 is 1.96 bits per heavy atom. The molecule has 3 unspecified atom stereocenters. The quantitative estimate of drug-likeness (QED) is 0.740. The molecule has 1 saturated heterocycles. The van der Waals surface area contributed by atoms with Gasteiger partial charge in [0.2, 0.25) is 0 Å². The highest BCUT2D eigenvalue weighted by Crippen LogP contribution is 2.59. The summed E-state index contributed by atoms with van der Waals surface area (Å²) in [5.74, 6) is 1.07. The molecule has 3 heteroatoms. The largest absolute Gasteiger partial charge is 0.393 e. The molecule has 5 aliphatic rings. The average molecular weight is 316 g/mol. The number of hydrogen-bond donors (Lipinski definition) is 1. The summed E-state index contributed by atoms with van der Waals surface area (Å²) in [5.41, 5.74) is 4.99. The number of ether oxygens (including phenoxy) is 2. The number of aliphatic hydroxyl groups excluding tert-OH is 1. The van der Waals surface area contributed by atoms with Crippen LogP contribution in [0.3, 0.4) is 0 Å². The minimum absolute atomic E-state index is 0.101. The van der Waals surface area contributed by atoms with Crippen LogP contribution in [0.5, 0.6) is 0 Å². The van der Waals surface area contributed by atoms with Crippen molar-refractivity contribution >= 4 is 0 Å². The molecular formula is C20H28O3. The van der Waals surface area contributed by atoms with E-state index in [4.69, 9.17) is 9.47 Å². The summed E-state index contributed by atoms with van der Waals surface area (Å²) in [4.78, 5) is 0. The summed E-state index contributed by atoms with van der Waals surface area (Å²) in [6.45, 7) is 3.83. The van der Waals surface area contributed by atoms with Gasteiger partial charge in [-0.3, -0.25) is 0 Å². The molecule has 5 rings (SSSR count). The van der Waals surface area contributed by atoms with Gasteiger partial charge in [-0.05, 0) is 61.5 Å². The van der Waals surface area contributed by atoms with Crippen LogP contribution in [-0.4, -0.2) is 30.2 Å². The van der Waals surface area contributed by atoms with E-state index in [2.05, 4.69) is 13.0 Å². The smallest absolute Gasteiger partial charge is 0.172 e. The van der Waals surface area contributed by atoms with E-state index in [0.717, 1.165) is 45.3 Å². The first-order chi connectivity index (χ1) is 11.1. The lowest BCUT2D eigenvalue weighted by molar-refractivity contribution is -0.164. The Kier molecular flexibility index (Phi) is 3.15. The maximum Gasteiger partial charge on any atom is 0.172 e. The molecule has 1 heterocycles. The third-order valence-electron chi connectivity index (χ3n) is 7.59. The van der Waals surface area contributed by atoms with Gasteiger partial charge in [-0.2, -0.15) is 0 Å². The highest BCUT2D eigenvalue weighted by Gasteiger charge is 2.53. The second kappa shape index (κ2) is 4.93. The van der Waals surface area contributed by atoms with E-state index in [1.165, 1.54) is 19.3 Å². The van der Waals surface area contributed by atoms with Crippen LogP contribution in [0.15, 0.2) is 22.8 Å². The molecule has 1 saturated carbocycles. The molecule has 23 heavy (non-hydrogen) atoms. The number of rotatable bonds is 0.